The molecular weight excluding hydrogens is 669 g/mol. The SMILES string of the molecule is [2H]c1c([2H])c([2H])c(-c2c([2H])c([2H])c(-c3nc(-c4ccccc4)nc(-c4c([2H])c([2H])c(-c5c([2H])c([2H])c(-n6c7c([2H])c([2H])c([2H])c([2H])c7c7c([2H])c(-c8c([2H])c([2H])c([2H])c([2H])c8[2H])c([2H])c([2H])c76)c([2H])c5[2H])c([2H])c4[2H])n3)c([2H])c2[2H])c([2H])c1[2H]. The van der Waals surface area contributed by atoms with E-state index in [-0.39, 0.29) is 11.4 Å². The molecule has 0 N–H and O–H groups in total. The van der Waals surface area contributed by atoms with Gasteiger partial charge in [0, 0.05) is 33.2 Å². The summed E-state index contributed by atoms with van der Waals surface area (Å²) in [4.78, 5) is 13.2. The normalized spacial score (nSPS) is 18.7. The molecule has 0 saturated carbocycles. The standard InChI is InChI=1S/C51H34N4/c1-4-12-35(13-5-1)37-20-24-41(25-21-37)50-52-49(40-16-8-3-9-17-40)53-51(54-50)42-26-22-38(23-27-42)39-28-31-44(32-29-39)55-47-19-11-10-18-45(47)46-34-43(30-33-48(46)55)36-14-6-2-7-15-36/h1-34H/i1D,2D,4D,5D,6D,7D,10D,11D,12D,13D,14D,15D,18D,19D,20D,21D,22D,23D,24D,25D,26D,27D,28D,29D,30D,31D,32D,33D,34D. The lowest BCUT2D eigenvalue weighted by atomic mass is 10.0. The van der Waals surface area contributed by atoms with Crippen LogP contribution in [-0.4, -0.2) is 19.5 Å². The molecule has 0 saturated heterocycles. The van der Waals surface area contributed by atoms with E-state index in [1.165, 1.54) is 12.1 Å². The minimum Gasteiger partial charge on any atom is -0.309 e. The van der Waals surface area contributed by atoms with E-state index in [0.717, 1.165) is 0 Å². The van der Waals surface area contributed by atoms with Gasteiger partial charge in [0.25, 0.3) is 0 Å². The quantitative estimate of drug-likeness (QED) is 0.164. The van der Waals surface area contributed by atoms with Gasteiger partial charge >= 0.3 is 0 Å². The predicted octanol–water partition coefficient (Wildman–Crippen LogP) is 13.0. The molecule has 0 aliphatic carbocycles. The van der Waals surface area contributed by atoms with Crippen LogP contribution in [0, 0.1) is 0 Å². The molecule has 0 fully saturated rings. The summed E-state index contributed by atoms with van der Waals surface area (Å²) in [5.41, 5.74) is -7.59. The van der Waals surface area contributed by atoms with Crippen molar-refractivity contribution in [2.45, 2.75) is 0 Å². The molecule has 10 aromatic rings. The molecule has 55 heavy (non-hydrogen) atoms. The van der Waals surface area contributed by atoms with Crippen molar-refractivity contribution in [2.24, 2.45) is 0 Å². The van der Waals surface area contributed by atoms with Crippen LogP contribution in [0.5, 0.6) is 0 Å². The zero-order valence-corrected chi connectivity index (χ0v) is 27.7. The first kappa shape index (κ1) is 14.1. The molecule has 0 radical (unpaired) electrons. The molecule has 4 nitrogen and oxygen atoms in total. The summed E-state index contributed by atoms with van der Waals surface area (Å²) in [6.07, 6.45) is 0. The number of rotatable bonds is 7. The van der Waals surface area contributed by atoms with Crippen LogP contribution in [0.25, 0.3) is 95.0 Å². The topological polar surface area (TPSA) is 43.6 Å². The second-order valence-corrected chi connectivity index (χ2v) is 11.4. The van der Waals surface area contributed by atoms with Crippen molar-refractivity contribution in [1.82, 2.24) is 19.5 Å². The van der Waals surface area contributed by atoms with E-state index in [1.54, 1.807) is 18.2 Å². The van der Waals surface area contributed by atoms with E-state index in [4.69, 9.17) is 26.0 Å². The summed E-state index contributed by atoms with van der Waals surface area (Å²) in [5, 5.41) is -1.13. The average molecular weight is 732 g/mol. The number of fused-ring (bicyclic) bond motifs is 3. The molecule has 258 valence electrons. The van der Waals surface area contributed by atoms with Gasteiger partial charge in [-0.1, -0.05) is 175 Å². The lowest BCUT2D eigenvalue weighted by molar-refractivity contribution is 1.07. The van der Waals surface area contributed by atoms with Crippen molar-refractivity contribution in [3.63, 3.8) is 0 Å². The largest absolute Gasteiger partial charge is 0.309 e. The number of hydrogen-bond donors (Lipinski definition) is 0. The number of benzene rings is 8. The van der Waals surface area contributed by atoms with Crippen molar-refractivity contribution in [3.8, 4) is 73.2 Å². The molecule has 0 aliphatic rings. The second kappa shape index (κ2) is 13.8. The van der Waals surface area contributed by atoms with Crippen LogP contribution >= 0.6 is 0 Å². The maximum absolute atomic E-state index is 9.45. The third-order valence-electron chi connectivity index (χ3n) is 8.11. The molecule has 4 heteroatoms. The summed E-state index contributed by atoms with van der Waals surface area (Å²) in [7, 11) is 0. The van der Waals surface area contributed by atoms with E-state index >= 15 is 0 Å². The molecule has 0 aliphatic heterocycles. The Labute approximate surface area is 360 Å². The van der Waals surface area contributed by atoms with E-state index in [1.807, 2.05) is 0 Å². The average Bonchev–Trinajstić information content (AvgIpc) is 2.47. The molecule has 10 rings (SSSR count). The second-order valence-electron chi connectivity index (χ2n) is 11.4. The Kier molecular flexibility index (Phi) is 3.55. The van der Waals surface area contributed by atoms with Gasteiger partial charge in [0.1, 0.15) is 0 Å². The van der Waals surface area contributed by atoms with Crippen LogP contribution in [0.1, 0.15) is 39.8 Å². The van der Waals surface area contributed by atoms with E-state index < -0.39 is 259 Å². The van der Waals surface area contributed by atoms with Gasteiger partial charge in [-0.15, -0.1) is 0 Å². The van der Waals surface area contributed by atoms with Crippen molar-refractivity contribution in [2.75, 3.05) is 0 Å². The third kappa shape index (κ3) is 6.16. The summed E-state index contributed by atoms with van der Waals surface area (Å²) in [5.74, 6) is -1.53. The zero-order chi connectivity index (χ0) is 61.8. The summed E-state index contributed by atoms with van der Waals surface area (Å²) >= 11 is 0. The van der Waals surface area contributed by atoms with Crippen LogP contribution < -0.4 is 0 Å². The molecule has 2 aromatic heterocycles. The molecule has 0 unspecified atom stereocenters. The first-order valence-corrected chi connectivity index (χ1v) is 16.2. The Morgan fingerprint density at radius 1 is 0.327 bits per heavy atom. The summed E-state index contributed by atoms with van der Waals surface area (Å²) < 4.78 is 258. The number of nitrogens with zero attached hydrogens (tertiary/aromatic N) is 4. The Morgan fingerprint density at radius 2 is 0.745 bits per heavy atom. The van der Waals surface area contributed by atoms with Gasteiger partial charge in [-0.2, -0.15) is 0 Å². The zero-order valence-electron chi connectivity index (χ0n) is 56.7. The number of hydrogen-bond acceptors (Lipinski definition) is 3. The molecule has 0 spiro atoms. The molecular formula is C51H34N4. The highest BCUT2D eigenvalue weighted by molar-refractivity contribution is 6.10. The van der Waals surface area contributed by atoms with Gasteiger partial charge in [0.2, 0.25) is 0 Å². The molecule has 0 bridgehead atoms. The van der Waals surface area contributed by atoms with E-state index in [2.05, 4.69) is 15.0 Å². The summed E-state index contributed by atoms with van der Waals surface area (Å²) in [6.45, 7) is 0. The fourth-order valence-corrected chi connectivity index (χ4v) is 5.57. The van der Waals surface area contributed by atoms with Gasteiger partial charge in [-0.25, -0.2) is 15.0 Å². The number of para-hydroxylation sites is 1. The molecule has 8 aromatic carbocycles. The minimum atomic E-state index is -1.07. The van der Waals surface area contributed by atoms with Gasteiger partial charge < -0.3 is 4.57 Å². The predicted molar refractivity (Wildman–Crippen MR) is 227 cm³/mol. The smallest absolute Gasteiger partial charge is 0.164 e. The summed E-state index contributed by atoms with van der Waals surface area (Å²) in [6, 6.07) is -18.5. The van der Waals surface area contributed by atoms with Crippen LogP contribution in [0.3, 0.4) is 0 Å². The van der Waals surface area contributed by atoms with Gasteiger partial charge in [-0.05, 0) is 63.6 Å². The van der Waals surface area contributed by atoms with Crippen molar-refractivity contribution in [3.05, 3.63) is 206 Å². The van der Waals surface area contributed by atoms with Gasteiger partial charge in [0.05, 0.1) is 50.8 Å². The molecule has 2 heterocycles. The number of aromatic nitrogens is 4. The Bertz CT molecular complexity index is 4510. The fraction of sp³-hybridized carbons (Fsp3) is 0. The van der Waals surface area contributed by atoms with Crippen LogP contribution in [0.15, 0.2) is 206 Å². The maximum Gasteiger partial charge on any atom is 0.164 e. The Morgan fingerprint density at radius 3 is 1.33 bits per heavy atom. The highest BCUT2D eigenvalue weighted by Gasteiger charge is 2.15. The molecule has 0 amide bonds. The van der Waals surface area contributed by atoms with E-state index in [9.17, 15) is 13.7 Å². The Hall–Kier alpha value is -7.43. The lowest BCUT2D eigenvalue weighted by Gasteiger charge is -2.11. The van der Waals surface area contributed by atoms with Crippen molar-refractivity contribution in [1.29, 1.82) is 0 Å². The first-order valence-electron chi connectivity index (χ1n) is 30.7. The third-order valence-corrected chi connectivity index (χ3v) is 8.11. The molecule has 0 atom stereocenters. The van der Waals surface area contributed by atoms with Crippen molar-refractivity contribution < 1.29 is 39.8 Å². The van der Waals surface area contributed by atoms with Gasteiger partial charge in [0.15, 0.2) is 17.5 Å². The highest BCUT2D eigenvalue weighted by atomic mass is 15.0. The lowest BCUT2D eigenvalue weighted by Crippen LogP contribution is -2.00. The van der Waals surface area contributed by atoms with Crippen molar-refractivity contribution >= 4 is 21.8 Å². The van der Waals surface area contributed by atoms with Crippen LogP contribution in [0.2, 0.25) is 0 Å². The van der Waals surface area contributed by atoms with E-state index in [0.29, 0.717) is 4.57 Å². The van der Waals surface area contributed by atoms with Crippen LogP contribution in [-0.2, 0) is 0 Å². The highest BCUT2D eigenvalue weighted by Crippen LogP contribution is 2.36. The monoisotopic (exact) mass is 731 g/mol. The van der Waals surface area contributed by atoms with Crippen LogP contribution in [0.4, 0.5) is 0 Å². The van der Waals surface area contributed by atoms with Gasteiger partial charge in [-0.3, -0.25) is 0 Å². The maximum atomic E-state index is 9.45. The first-order chi connectivity index (χ1) is 39.3. The fourth-order valence-electron chi connectivity index (χ4n) is 5.57. The minimum absolute atomic E-state index is 0.229. The Balaban J connectivity index is 1.22.